The van der Waals surface area contributed by atoms with Gasteiger partial charge in [-0.3, -0.25) is 9.36 Å². The number of ether oxygens (including phenoxy) is 2. The molecule has 1 atom stereocenters. The molecule has 1 unspecified atom stereocenters. The molecule has 3 aromatic rings. The Bertz CT molecular complexity index is 1410. The van der Waals surface area contributed by atoms with Crippen molar-refractivity contribution in [3.8, 4) is 5.75 Å². The van der Waals surface area contributed by atoms with Crippen molar-refractivity contribution in [2.75, 3.05) is 7.11 Å². The molecule has 0 fully saturated rings. The van der Waals surface area contributed by atoms with Gasteiger partial charge in [0.15, 0.2) is 4.80 Å². The minimum atomic E-state index is -0.641. The Labute approximate surface area is 196 Å². The molecule has 0 amide bonds. The van der Waals surface area contributed by atoms with Crippen LogP contribution in [0.3, 0.4) is 0 Å². The van der Waals surface area contributed by atoms with E-state index in [1.54, 1.807) is 32.4 Å². The first-order valence-corrected chi connectivity index (χ1v) is 11.5. The number of hydrogen-bond donors (Lipinski definition) is 0. The van der Waals surface area contributed by atoms with Gasteiger partial charge in [0.1, 0.15) is 5.75 Å². The molecular weight excluding hydrogens is 436 g/mol. The summed E-state index contributed by atoms with van der Waals surface area (Å²) in [7, 11) is 1.60. The van der Waals surface area contributed by atoms with E-state index in [1.807, 2.05) is 61.5 Å². The summed E-state index contributed by atoms with van der Waals surface area (Å²) < 4.78 is 13.0. The summed E-state index contributed by atoms with van der Waals surface area (Å²) in [5, 5.41) is 0. The van der Waals surface area contributed by atoms with E-state index in [2.05, 4.69) is 4.99 Å². The van der Waals surface area contributed by atoms with Gasteiger partial charge in [-0.25, -0.2) is 9.79 Å². The number of esters is 1. The van der Waals surface area contributed by atoms with Gasteiger partial charge in [0.05, 0.1) is 35.1 Å². The lowest BCUT2D eigenvalue weighted by molar-refractivity contribution is -0.143. The fourth-order valence-electron chi connectivity index (χ4n) is 3.87. The summed E-state index contributed by atoms with van der Waals surface area (Å²) in [4.78, 5) is 31.9. The van der Waals surface area contributed by atoms with Crippen LogP contribution in [0.5, 0.6) is 5.75 Å². The maximum atomic E-state index is 13.6. The van der Waals surface area contributed by atoms with E-state index in [0.29, 0.717) is 26.4 Å². The monoisotopic (exact) mass is 462 g/mol. The van der Waals surface area contributed by atoms with E-state index >= 15 is 0 Å². The first-order chi connectivity index (χ1) is 15.8. The number of carbonyl (C=O) groups is 1. The summed E-state index contributed by atoms with van der Waals surface area (Å²) >= 11 is 1.32. The lowest BCUT2D eigenvalue weighted by Crippen LogP contribution is -2.40. The number of allylic oxidation sites excluding steroid dienone is 1. The largest absolute Gasteiger partial charge is 0.497 e. The van der Waals surface area contributed by atoms with E-state index in [4.69, 9.17) is 9.47 Å². The maximum absolute atomic E-state index is 13.6. The number of rotatable bonds is 5. The molecule has 2 aromatic carbocycles. The molecule has 1 aliphatic heterocycles. The van der Waals surface area contributed by atoms with E-state index in [9.17, 15) is 9.59 Å². The van der Waals surface area contributed by atoms with Crippen LogP contribution in [0, 0.1) is 6.92 Å². The second-order valence-electron chi connectivity index (χ2n) is 8.22. The molecule has 1 aliphatic rings. The van der Waals surface area contributed by atoms with Crippen molar-refractivity contribution in [3.05, 3.63) is 96.2 Å². The van der Waals surface area contributed by atoms with Crippen LogP contribution >= 0.6 is 11.3 Å². The summed E-state index contributed by atoms with van der Waals surface area (Å²) in [5.41, 5.74) is 3.55. The van der Waals surface area contributed by atoms with E-state index in [1.165, 1.54) is 11.3 Å². The highest BCUT2D eigenvalue weighted by molar-refractivity contribution is 7.07. The highest BCUT2D eigenvalue weighted by Crippen LogP contribution is 2.31. The Morgan fingerprint density at radius 2 is 1.88 bits per heavy atom. The molecule has 0 radical (unpaired) electrons. The number of fused-ring (bicyclic) bond motifs is 1. The molecular formula is C26H26N2O4S. The van der Waals surface area contributed by atoms with Gasteiger partial charge < -0.3 is 9.47 Å². The summed E-state index contributed by atoms with van der Waals surface area (Å²) in [6.07, 6.45) is 1.58. The Morgan fingerprint density at radius 3 is 2.52 bits per heavy atom. The topological polar surface area (TPSA) is 69.9 Å². The highest BCUT2D eigenvalue weighted by Gasteiger charge is 2.33. The molecule has 2 heterocycles. The van der Waals surface area contributed by atoms with Gasteiger partial charge in [0.2, 0.25) is 0 Å². The van der Waals surface area contributed by atoms with Crippen LogP contribution < -0.4 is 19.6 Å². The molecule has 6 nitrogen and oxygen atoms in total. The molecule has 4 rings (SSSR count). The van der Waals surface area contributed by atoms with Crippen molar-refractivity contribution in [2.24, 2.45) is 4.99 Å². The average molecular weight is 463 g/mol. The van der Waals surface area contributed by atoms with Crippen LogP contribution in [0.2, 0.25) is 0 Å². The van der Waals surface area contributed by atoms with Gasteiger partial charge in [-0.1, -0.05) is 53.3 Å². The number of benzene rings is 2. The third-order valence-corrected chi connectivity index (χ3v) is 6.34. The smallest absolute Gasteiger partial charge is 0.338 e. The van der Waals surface area contributed by atoms with Crippen molar-refractivity contribution in [3.63, 3.8) is 0 Å². The lowest BCUT2D eigenvalue weighted by Gasteiger charge is -2.25. The number of thiazole rings is 1. The van der Waals surface area contributed by atoms with Crippen LogP contribution in [0.1, 0.15) is 43.5 Å². The number of methoxy groups -OCH3 is 1. The van der Waals surface area contributed by atoms with Crippen molar-refractivity contribution >= 4 is 23.4 Å². The molecule has 33 heavy (non-hydrogen) atoms. The van der Waals surface area contributed by atoms with Crippen molar-refractivity contribution in [1.29, 1.82) is 0 Å². The van der Waals surface area contributed by atoms with Gasteiger partial charge in [-0.15, -0.1) is 0 Å². The van der Waals surface area contributed by atoms with Gasteiger partial charge in [0.25, 0.3) is 5.56 Å². The minimum absolute atomic E-state index is 0.191. The van der Waals surface area contributed by atoms with Crippen LogP contribution in [0.25, 0.3) is 6.08 Å². The molecule has 170 valence electrons. The van der Waals surface area contributed by atoms with E-state index in [-0.39, 0.29) is 11.7 Å². The number of aromatic nitrogens is 1. The fourth-order valence-corrected chi connectivity index (χ4v) is 4.92. The second-order valence-corrected chi connectivity index (χ2v) is 9.23. The first-order valence-electron chi connectivity index (χ1n) is 10.7. The number of aryl methyl sites for hydroxylation is 1. The fraction of sp³-hybridized carbons (Fsp3) is 0.269. The van der Waals surface area contributed by atoms with Crippen LogP contribution in [0.4, 0.5) is 0 Å². The molecule has 1 aromatic heterocycles. The standard InChI is InChI=1S/C26H26N2O4S/c1-15(2)32-25(30)22-17(4)27-26-28(23(22)19-9-11-20(31-5)12-10-19)24(29)21(33-26)14-18-8-6-7-16(3)13-18/h6-15,23H,1-5H3. The van der Waals surface area contributed by atoms with Crippen LogP contribution in [-0.2, 0) is 9.53 Å². The summed E-state index contributed by atoms with van der Waals surface area (Å²) in [6, 6.07) is 14.7. The van der Waals surface area contributed by atoms with Crippen molar-refractivity contribution in [1.82, 2.24) is 4.57 Å². The Balaban J connectivity index is 1.94. The predicted molar refractivity (Wildman–Crippen MR) is 129 cm³/mol. The van der Waals surface area contributed by atoms with Gasteiger partial charge in [-0.2, -0.15) is 0 Å². The number of carbonyl (C=O) groups excluding carboxylic acids is 1. The average Bonchev–Trinajstić information content (AvgIpc) is 3.07. The zero-order valence-electron chi connectivity index (χ0n) is 19.3. The second kappa shape index (κ2) is 9.19. The Kier molecular flexibility index (Phi) is 6.33. The normalized spacial score (nSPS) is 15.9. The van der Waals surface area contributed by atoms with Crippen molar-refractivity contribution in [2.45, 2.75) is 39.8 Å². The zero-order valence-corrected chi connectivity index (χ0v) is 20.1. The highest BCUT2D eigenvalue weighted by atomic mass is 32.1. The van der Waals surface area contributed by atoms with E-state index in [0.717, 1.165) is 16.7 Å². The van der Waals surface area contributed by atoms with Crippen LogP contribution in [0.15, 0.2) is 69.6 Å². The van der Waals surface area contributed by atoms with Gasteiger partial charge in [0, 0.05) is 0 Å². The van der Waals surface area contributed by atoms with E-state index < -0.39 is 12.0 Å². The first kappa shape index (κ1) is 22.7. The Hall–Kier alpha value is -3.45. The quantitative estimate of drug-likeness (QED) is 0.544. The van der Waals surface area contributed by atoms with Crippen LogP contribution in [-0.4, -0.2) is 23.8 Å². The third-order valence-electron chi connectivity index (χ3n) is 5.36. The van der Waals surface area contributed by atoms with Gasteiger partial charge >= 0.3 is 5.97 Å². The summed E-state index contributed by atoms with van der Waals surface area (Å²) in [5.74, 6) is 0.220. The number of hydrogen-bond acceptors (Lipinski definition) is 6. The third kappa shape index (κ3) is 4.54. The minimum Gasteiger partial charge on any atom is -0.497 e. The van der Waals surface area contributed by atoms with Gasteiger partial charge in [-0.05, 0) is 57.0 Å². The number of nitrogens with zero attached hydrogens (tertiary/aromatic N) is 2. The molecule has 0 spiro atoms. The Morgan fingerprint density at radius 1 is 1.15 bits per heavy atom. The molecule has 0 saturated heterocycles. The molecule has 7 heteroatoms. The molecule has 0 bridgehead atoms. The molecule has 0 saturated carbocycles. The SMILES string of the molecule is COc1ccc(C2C(C(=O)OC(C)C)=C(C)N=c3sc(=Cc4cccc(C)c4)c(=O)n32)cc1. The zero-order chi connectivity index (χ0) is 23.7. The summed E-state index contributed by atoms with van der Waals surface area (Å²) in [6.45, 7) is 7.39. The predicted octanol–water partition coefficient (Wildman–Crippen LogP) is 3.50. The lowest BCUT2D eigenvalue weighted by atomic mass is 9.96. The maximum Gasteiger partial charge on any atom is 0.338 e. The van der Waals surface area contributed by atoms with Crippen molar-refractivity contribution < 1.29 is 14.3 Å². The molecule has 0 N–H and O–H groups in total. The molecule has 0 aliphatic carbocycles.